The molecule has 0 spiro atoms. The number of anilines is 1. The number of carboxylic acids is 1. The van der Waals surface area contributed by atoms with Crippen LogP contribution < -0.4 is 4.90 Å². The van der Waals surface area contributed by atoms with Crippen LogP contribution in [0.4, 0.5) is 5.69 Å². The fraction of sp³-hybridized carbons (Fsp3) is 0.538. The van der Waals surface area contributed by atoms with Crippen molar-refractivity contribution in [2.75, 3.05) is 18.0 Å². The van der Waals surface area contributed by atoms with Crippen LogP contribution in [0.25, 0.3) is 0 Å². The molecule has 1 aliphatic carbocycles. The van der Waals surface area contributed by atoms with Gasteiger partial charge in [0, 0.05) is 25.0 Å². The van der Waals surface area contributed by atoms with Crippen LogP contribution >= 0.6 is 0 Å². The van der Waals surface area contributed by atoms with Crippen LogP contribution in [0, 0.1) is 11.8 Å². The number of hydrogen-bond acceptors (Lipinski definition) is 3. The molecule has 2 atom stereocenters. The van der Waals surface area contributed by atoms with Crippen LogP contribution in [0.2, 0.25) is 0 Å². The molecule has 1 saturated heterocycles. The van der Waals surface area contributed by atoms with E-state index in [-0.39, 0.29) is 5.69 Å². The minimum absolute atomic E-state index is 0.138. The second kappa shape index (κ2) is 4.02. The topological polar surface area (TPSA) is 53.4 Å². The lowest BCUT2D eigenvalue weighted by Crippen LogP contribution is -2.21. The van der Waals surface area contributed by atoms with E-state index in [0.29, 0.717) is 0 Å². The predicted molar refractivity (Wildman–Crippen MR) is 64.2 cm³/mol. The number of carbonyl (C=O) groups is 1. The molecule has 1 N–H and O–H groups in total. The largest absolute Gasteiger partial charge is 0.477 e. The normalized spacial score (nSPS) is 27.2. The van der Waals surface area contributed by atoms with Gasteiger partial charge in [-0.3, -0.25) is 0 Å². The Morgan fingerprint density at radius 2 is 2.06 bits per heavy atom. The van der Waals surface area contributed by atoms with E-state index in [1.807, 2.05) is 6.07 Å². The lowest BCUT2D eigenvalue weighted by atomic mass is 10.0. The molecule has 0 amide bonds. The standard InChI is InChI=1S/C13H16N2O2/c16-13(17)12-6-11(4-5-14-12)15-7-9-2-1-3-10(9)8-15/h4-6,9-10H,1-3,7-8H2,(H,16,17). The molecule has 1 saturated carbocycles. The molecule has 4 nitrogen and oxygen atoms in total. The van der Waals surface area contributed by atoms with E-state index in [2.05, 4.69) is 9.88 Å². The third-order valence-corrected chi connectivity index (χ3v) is 4.05. The lowest BCUT2D eigenvalue weighted by molar-refractivity contribution is 0.0690. The molecule has 90 valence electrons. The third-order valence-electron chi connectivity index (χ3n) is 4.05. The second-order valence-corrected chi connectivity index (χ2v) is 5.06. The first-order valence-corrected chi connectivity index (χ1v) is 6.18. The average molecular weight is 232 g/mol. The molecule has 2 heterocycles. The van der Waals surface area contributed by atoms with Crippen LogP contribution in [0.3, 0.4) is 0 Å². The number of fused-ring (bicyclic) bond motifs is 1. The highest BCUT2D eigenvalue weighted by Crippen LogP contribution is 2.39. The van der Waals surface area contributed by atoms with Gasteiger partial charge in [0.15, 0.2) is 0 Å². The van der Waals surface area contributed by atoms with Crippen molar-refractivity contribution < 1.29 is 9.90 Å². The van der Waals surface area contributed by atoms with Crippen molar-refractivity contribution in [3.8, 4) is 0 Å². The van der Waals surface area contributed by atoms with Crippen LogP contribution in [0.15, 0.2) is 18.3 Å². The third kappa shape index (κ3) is 1.88. The molecule has 1 aliphatic heterocycles. The molecule has 2 fully saturated rings. The second-order valence-electron chi connectivity index (χ2n) is 5.06. The average Bonchev–Trinajstić information content (AvgIpc) is 2.89. The maximum atomic E-state index is 10.9. The smallest absolute Gasteiger partial charge is 0.354 e. The number of carboxylic acid groups (broad SMARTS) is 1. The van der Waals surface area contributed by atoms with Gasteiger partial charge < -0.3 is 10.0 Å². The monoisotopic (exact) mass is 232 g/mol. The molecule has 1 aromatic heterocycles. The Bertz CT molecular complexity index is 435. The van der Waals surface area contributed by atoms with Crippen molar-refractivity contribution in [2.24, 2.45) is 11.8 Å². The highest BCUT2D eigenvalue weighted by molar-refractivity contribution is 5.86. The van der Waals surface area contributed by atoms with E-state index in [9.17, 15) is 4.79 Å². The Labute approximate surface area is 100 Å². The van der Waals surface area contributed by atoms with Gasteiger partial charge in [0.25, 0.3) is 0 Å². The maximum Gasteiger partial charge on any atom is 0.354 e. The van der Waals surface area contributed by atoms with Gasteiger partial charge in [-0.15, -0.1) is 0 Å². The van der Waals surface area contributed by atoms with Gasteiger partial charge in [-0.25, -0.2) is 9.78 Å². The molecule has 17 heavy (non-hydrogen) atoms. The van der Waals surface area contributed by atoms with E-state index in [1.165, 1.54) is 19.3 Å². The quantitative estimate of drug-likeness (QED) is 0.847. The van der Waals surface area contributed by atoms with Crippen molar-refractivity contribution in [3.63, 3.8) is 0 Å². The first-order chi connectivity index (χ1) is 8.24. The summed E-state index contributed by atoms with van der Waals surface area (Å²) < 4.78 is 0. The zero-order chi connectivity index (χ0) is 11.8. The number of hydrogen-bond donors (Lipinski definition) is 1. The highest BCUT2D eigenvalue weighted by Gasteiger charge is 2.36. The molecule has 0 aromatic carbocycles. The van der Waals surface area contributed by atoms with E-state index >= 15 is 0 Å². The predicted octanol–water partition coefficient (Wildman–Crippen LogP) is 2.02. The minimum Gasteiger partial charge on any atom is -0.477 e. The lowest BCUT2D eigenvalue weighted by Gasteiger charge is -2.19. The molecule has 2 unspecified atom stereocenters. The Hall–Kier alpha value is -1.58. The van der Waals surface area contributed by atoms with Gasteiger partial charge in [0.1, 0.15) is 5.69 Å². The number of rotatable bonds is 2. The molecule has 2 aliphatic rings. The highest BCUT2D eigenvalue weighted by atomic mass is 16.4. The minimum atomic E-state index is -0.953. The van der Waals surface area contributed by atoms with E-state index in [1.54, 1.807) is 12.3 Å². The van der Waals surface area contributed by atoms with Gasteiger partial charge >= 0.3 is 5.97 Å². The van der Waals surface area contributed by atoms with Crippen LogP contribution in [0.5, 0.6) is 0 Å². The molecule has 0 bridgehead atoms. The molecule has 0 radical (unpaired) electrons. The number of nitrogens with zero attached hydrogens (tertiary/aromatic N) is 2. The summed E-state index contributed by atoms with van der Waals surface area (Å²) in [5.41, 5.74) is 1.14. The van der Waals surface area contributed by atoms with Gasteiger partial charge in [0.2, 0.25) is 0 Å². The number of aromatic nitrogens is 1. The van der Waals surface area contributed by atoms with E-state index in [0.717, 1.165) is 30.6 Å². The zero-order valence-corrected chi connectivity index (χ0v) is 9.67. The summed E-state index contributed by atoms with van der Waals surface area (Å²) in [7, 11) is 0. The van der Waals surface area contributed by atoms with Crippen molar-refractivity contribution in [1.29, 1.82) is 0 Å². The molecular formula is C13H16N2O2. The van der Waals surface area contributed by atoms with Crippen LogP contribution in [0.1, 0.15) is 29.8 Å². The van der Waals surface area contributed by atoms with Crippen LogP contribution in [-0.4, -0.2) is 29.1 Å². The summed E-state index contributed by atoms with van der Waals surface area (Å²) in [4.78, 5) is 17.0. The number of aromatic carboxylic acids is 1. The summed E-state index contributed by atoms with van der Waals surface area (Å²) in [6, 6.07) is 3.59. The van der Waals surface area contributed by atoms with Gasteiger partial charge in [-0.2, -0.15) is 0 Å². The Kier molecular flexibility index (Phi) is 2.50. The summed E-state index contributed by atoms with van der Waals surface area (Å²) in [6.45, 7) is 2.15. The maximum absolute atomic E-state index is 10.9. The van der Waals surface area contributed by atoms with Gasteiger partial charge in [-0.05, 0) is 36.8 Å². The van der Waals surface area contributed by atoms with Gasteiger partial charge in [0.05, 0.1) is 0 Å². The number of pyridine rings is 1. The van der Waals surface area contributed by atoms with E-state index < -0.39 is 5.97 Å². The Morgan fingerprint density at radius 1 is 1.35 bits per heavy atom. The van der Waals surface area contributed by atoms with Crippen molar-refractivity contribution in [1.82, 2.24) is 4.98 Å². The first kappa shape index (κ1) is 10.6. The fourth-order valence-electron chi connectivity index (χ4n) is 3.18. The van der Waals surface area contributed by atoms with E-state index in [4.69, 9.17) is 5.11 Å². The fourth-order valence-corrected chi connectivity index (χ4v) is 3.18. The van der Waals surface area contributed by atoms with Crippen molar-refractivity contribution >= 4 is 11.7 Å². The summed E-state index contributed by atoms with van der Waals surface area (Å²) >= 11 is 0. The summed E-state index contributed by atoms with van der Waals surface area (Å²) in [5.74, 6) is 0.680. The molecular weight excluding hydrogens is 216 g/mol. The summed E-state index contributed by atoms with van der Waals surface area (Å²) in [5, 5.41) is 8.93. The zero-order valence-electron chi connectivity index (χ0n) is 9.67. The van der Waals surface area contributed by atoms with Gasteiger partial charge in [-0.1, -0.05) is 6.42 Å². The van der Waals surface area contributed by atoms with Crippen molar-refractivity contribution in [2.45, 2.75) is 19.3 Å². The molecule has 1 aromatic rings. The summed E-state index contributed by atoms with van der Waals surface area (Å²) in [6.07, 6.45) is 5.61. The molecule has 4 heteroatoms. The Balaban J connectivity index is 1.81. The first-order valence-electron chi connectivity index (χ1n) is 6.18. The van der Waals surface area contributed by atoms with Crippen molar-refractivity contribution in [3.05, 3.63) is 24.0 Å². The Morgan fingerprint density at radius 3 is 2.71 bits per heavy atom. The molecule has 3 rings (SSSR count). The van der Waals surface area contributed by atoms with Crippen LogP contribution in [-0.2, 0) is 0 Å². The SMILES string of the molecule is O=C(O)c1cc(N2CC3CCCC3C2)ccn1.